The molecule has 3 rings (SSSR count). The summed E-state index contributed by atoms with van der Waals surface area (Å²) >= 11 is 1.38. The van der Waals surface area contributed by atoms with Gasteiger partial charge in [0.2, 0.25) is 5.91 Å². The molecule has 0 bridgehead atoms. The lowest BCUT2D eigenvalue weighted by molar-refractivity contribution is -0.116. The van der Waals surface area contributed by atoms with E-state index in [9.17, 15) is 18.0 Å². The molecule has 0 fully saturated rings. The number of methoxy groups -OCH3 is 1. The molecular formula is C19H22N2O5S2. The van der Waals surface area contributed by atoms with E-state index in [0.29, 0.717) is 16.3 Å². The average molecular weight is 423 g/mol. The maximum absolute atomic E-state index is 12.4. The highest BCUT2D eigenvalue weighted by Crippen LogP contribution is 2.38. The van der Waals surface area contributed by atoms with Crippen molar-refractivity contribution in [2.24, 2.45) is 5.73 Å². The van der Waals surface area contributed by atoms with Crippen LogP contribution in [0.4, 0.5) is 5.00 Å². The van der Waals surface area contributed by atoms with Crippen LogP contribution in [0.3, 0.4) is 0 Å². The van der Waals surface area contributed by atoms with Crippen molar-refractivity contribution >= 4 is 38.0 Å². The molecule has 150 valence electrons. The quantitative estimate of drug-likeness (QED) is 0.678. The fourth-order valence-corrected chi connectivity index (χ4v) is 5.89. The van der Waals surface area contributed by atoms with Crippen LogP contribution in [0.5, 0.6) is 5.75 Å². The summed E-state index contributed by atoms with van der Waals surface area (Å²) in [6.45, 7) is 0. The van der Waals surface area contributed by atoms with Crippen molar-refractivity contribution in [2.75, 3.05) is 18.2 Å². The number of carbonyl (C=O) groups excluding carboxylic acids is 2. The summed E-state index contributed by atoms with van der Waals surface area (Å²) in [5.74, 6) is -0.438. The Morgan fingerprint density at radius 1 is 1.21 bits per heavy atom. The number of sulfone groups is 1. The number of thiophene rings is 1. The highest BCUT2D eigenvalue weighted by molar-refractivity contribution is 7.91. The Bertz CT molecular complexity index is 994. The van der Waals surface area contributed by atoms with Crippen LogP contribution in [0.15, 0.2) is 29.2 Å². The number of hydrogen-bond acceptors (Lipinski definition) is 6. The number of benzene rings is 1. The molecule has 0 aliphatic heterocycles. The lowest BCUT2D eigenvalue weighted by Crippen LogP contribution is -2.18. The fourth-order valence-electron chi connectivity index (χ4n) is 3.27. The summed E-state index contributed by atoms with van der Waals surface area (Å²) in [6, 6.07) is 6.14. The molecule has 0 unspecified atom stereocenters. The smallest absolute Gasteiger partial charge is 0.251 e. The van der Waals surface area contributed by atoms with Crippen molar-refractivity contribution in [3.05, 3.63) is 40.3 Å². The highest BCUT2D eigenvalue weighted by atomic mass is 32.2. The summed E-state index contributed by atoms with van der Waals surface area (Å²) in [5, 5.41) is 3.20. The third-order valence-corrected chi connectivity index (χ3v) is 7.68. The van der Waals surface area contributed by atoms with Crippen molar-refractivity contribution in [2.45, 2.75) is 37.0 Å². The molecule has 28 heavy (non-hydrogen) atoms. The van der Waals surface area contributed by atoms with Crippen molar-refractivity contribution in [1.29, 1.82) is 0 Å². The van der Waals surface area contributed by atoms with Gasteiger partial charge in [-0.1, -0.05) is 0 Å². The Hall–Kier alpha value is -2.39. The van der Waals surface area contributed by atoms with Crippen LogP contribution in [-0.2, 0) is 27.5 Å². The first-order valence-electron chi connectivity index (χ1n) is 8.93. The Labute approximate surface area is 167 Å². The number of fused-ring (bicyclic) bond motifs is 1. The Morgan fingerprint density at radius 2 is 1.93 bits per heavy atom. The summed E-state index contributed by atoms with van der Waals surface area (Å²) in [5.41, 5.74) is 6.82. The fraction of sp³-hybridized carbons (Fsp3) is 0.368. The Balaban J connectivity index is 1.58. The first-order chi connectivity index (χ1) is 13.3. The minimum atomic E-state index is -3.48. The topological polar surface area (TPSA) is 116 Å². The van der Waals surface area contributed by atoms with Crippen LogP contribution >= 0.6 is 11.3 Å². The Kier molecular flexibility index (Phi) is 6.04. The largest absolute Gasteiger partial charge is 0.497 e. The van der Waals surface area contributed by atoms with E-state index in [1.807, 2.05) is 0 Å². The number of hydrogen-bond donors (Lipinski definition) is 2. The van der Waals surface area contributed by atoms with Crippen LogP contribution in [0, 0.1) is 0 Å². The zero-order chi connectivity index (χ0) is 20.3. The summed E-state index contributed by atoms with van der Waals surface area (Å²) in [6.07, 6.45) is 2.88. The van der Waals surface area contributed by atoms with Gasteiger partial charge in [0.25, 0.3) is 5.91 Å². The van der Waals surface area contributed by atoms with Gasteiger partial charge < -0.3 is 15.8 Å². The van der Waals surface area contributed by atoms with Gasteiger partial charge in [-0.15, -0.1) is 11.3 Å². The van der Waals surface area contributed by atoms with Gasteiger partial charge in [0.1, 0.15) is 10.8 Å². The van der Waals surface area contributed by atoms with E-state index in [2.05, 4.69) is 5.32 Å². The number of carbonyl (C=O) groups is 2. The van der Waals surface area contributed by atoms with Crippen LogP contribution in [-0.4, -0.2) is 33.1 Å². The molecule has 0 atom stereocenters. The standard InChI is InChI=1S/C19H22N2O5S2/c1-26-12-7-9-13(10-8-12)28(24,25)11-3-6-16(22)21-19-17(18(20)23)14-4-2-5-15(14)27-19/h7-10H,2-6,11H2,1H3,(H2,20,23)(H,21,22). The molecule has 0 saturated carbocycles. The first kappa shape index (κ1) is 20.3. The molecule has 1 aliphatic rings. The second kappa shape index (κ2) is 8.32. The molecule has 1 aliphatic carbocycles. The normalized spacial score (nSPS) is 13.2. The molecule has 1 aromatic carbocycles. The molecule has 0 saturated heterocycles. The molecule has 0 radical (unpaired) electrons. The van der Waals surface area contributed by atoms with Crippen molar-refractivity contribution in [3.8, 4) is 5.75 Å². The summed E-state index contributed by atoms with van der Waals surface area (Å²) in [7, 11) is -1.97. The zero-order valence-corrected chi connectivity index (χ0v) is 17.1. The summed E-state index contributed by atoms with van der Waals surface area (Å²) < 4.78 is 29.8. The third kappa shape index (κ3) is 4.36. The summed E-state index contributed by atoms with van der Waals surface area (Å²) in [4.78, 5) is 25.3. The van der Waals surface area contributed by atoms with E-state index in [-0.39, 0.29) is 29.4 Å². The third-order valence-electron chi connectivity index (χ3n) is 4.66. The second-order valence-corrected chi connectivity index (χ2v) is 9.79. The van der Waals surface area contributed by atoms with Gasteiger partial charge in [-0.25, -0.2) is 8.42 Å². The number of amides is 2. The van der Waals surface area contributed by atoms with E-state index in [4.69, 9.17) is 10.5 Å². The lowest BCUT2D eigenvalue weighted by atomic mass is 10.1. The minimum Gasteiger partial charge on any atom is -0.497 e. The predicted octanol–water partition coefficient (Wildman–Crippen LogP) is 2.54. The number of nitrogens with one attached hydrogen (secondary N) is 1. The van der Waals surface area contributed by atoms with E-state index in [0.717, 1.165) is 29.7 Å². The van der Waals surface area contributed by atoms with Crippen molar-refractivity contribution in [3.63, 3.8) is 0 Å². The van der Waals surface area contributed by atoms with Gasteiger partial charge in [-0.2, -0.15) is 0 Å². The molecule has 1 heterocycles. The molecule has 2 amide bonds. The molecule has 2 aromatic rings. The van der Waals surface area contributed by atoms with E-state index in [1.165, 1.54) is 30.6 Å². The number of nitrogens with two attached hydrogens (primary N) is 1. The van der Waals surface area contributed by atoms with E-state index in [1.54, 1.807) is 12.1 Å². The first-order valence-corrected chi connectivity index (χ1v) is 11.4. The number of ether oxygens (including phenoxy) is 1. The van der Waals surface area contributed by atoms with Crippen LogP contribution in [0.1, 0.15) is 40.1 Å². The number of aryl methyl sites for hydroxylation is 1. The van der Waals surface area contributed by atoms with Crippen LogP contribution in [0.2, 0.25) is 0 Å². The maximum atomic E-state index is 12.4. The van der Waals surface area contributed by atoms with Gasteiger partial charge in [0, 0.05) is 11.3 Å². The Morgan fingerprint density at radius 3 is 2.57 bits per heavy atom. The van der Waals surface area contributed by atoms with Crippen LogP contribution < -0.4 is 15.8 Å². The highest BCUT2D eigenvalue weighted by Gasteiger charge is 2.26. The molecule has 3 N–H and O–H groups in total. The van der Waals surface area contributed by atoms with Crippen LogP contribution in [0.25, 0.3) is 0 Å². The van der Waals surface area contributed by atoms with Gasteiger partial charge >= 0.3 is 0 Å². The minimum absolute atomic E-state index is 0.0379. The second-order valence-electron chi connectivity index (χ2n) is 6.57. The predicted molar refractivity (Wildman–Crippen MR) is 108 cm³/mol. The molecular weight excluding hydrogens is 400 g/mol. The maximum Gasteiger partial charge on any atom is 0.251 e. The monoisotopic (exact) mass is 422 g/mol. The van der Waals surface area contributed by atoms with E-state index < -0.39 is 15.7 Å². The zero-order valence-electron chi connectivity index (χ0n) is 15.5. The number of primary amides is 1. The van der Waals surface area contributed by atoms with E-state index >= 15 is 0 Å². The van der Waals surface area contributed by atoms with Gasteiger partial charge in [0.05, 0.1) is 23.3 Å². The molecule has 9 heteroatoms. The van der Waals surface area contributed by atoms with Gasteiger partial charge in [-0.3, -0.25) is 9.59 Å². The van der Waals surface area contributed by atoms with Crippen molar-refractivity contribution < 1.29 is 22.7 Å². The van der Waals surface area contributed by atoms with Gasteiger partial charge in [-0.05, 0) is 55.5 Å². The van der Waals surface area contributed by atoms with Gasteiger partial charge in [0.15, 0.2) is 9.84 Å². The SMILES string of the molecule is COc1ccc(S(=O)(=O)CCCC(=O)Nc2sc3c(c2C(N)=O)CCC3)cc1. The number of anilines is 1. The number of rotatable bonds is 8. The lowest BCUT2D eigenvalue weighted by Gasteiger charge is -2.07. The molecule has 7 nitrogen and oxygen atoms in total. The van der Waals surface area contributed by atoms with Crippen molar-refractivity contribution in [1.82, 2.24) is 0 Å². The average Bonchev–Trinajstić information content (AvgIpc) is 3.21. The molecule has 1 aromatic heterocycles. The molecule has 0 spiro atoms.